The third-order valence-corrected chi connectivity index (χ3v) is 2.83. The minimum atomic E-state index is 0.644. The SMILES string of the molecule is Cc1cccc(CSCC=CCN)c1. The molecule has 0 heterocycles. The smallest absolute Gasteiger partial charge is 0.0187 e. The van der Waals surface area contributed by atoms with Crippen LogP contribution in [-0.4, -0.2) is 12.3 Å². The molecular weight excluding hydrogens is 190 g/mol. The maximum Gasteiger partial charge on any atom is 0.0187 e. The van der Waals surface area contributed by atoms with E-state index in [-0.39, 0.29) is 0 Å². The van der Waals surface area contributed by atoms with Crippen LogP contribution in [0.2, 0.25) is 0 Å². The van der Waals surface area contributed by atoms with E-state index in [9.17, 15) is 0 Å². The number of benzene rings is 1. The molecule has 0 atom stereocenters. The van der Waals surface area contributed by atoms with E-state index in [1.54, 1.807) is 0 Å². The normalized spacial score (nSPS) is 11.0. The Morgan fingerprint density at radius 1 is 1.36 bits per heavy atom. The molecule has 0 aromatic heterocycles. The summed E-state index contributed by atoms with van der Waals surface area (Å²) in [6.45, 7) is 2.77. The van der Waals surface area contributed by atoms with Gasteiger partial charge in [-0.3, -0.25) is 0 Å². The van der Waals surface area contributed by atoms with Gasteiger partial charge in [0.2, 0.25) is 0 Å². The summed E-state index contributed by atoms with van der Waals surface area (Å²) in [4.78, 5) is 0. The van der Waals surface area contributed by atoms with Crippen LogP contribution in [0.15, 0.2) is 36.4 Å². The number of aryl methyl sites for hydroxylation is 1. The van der Waals surface area contributed by atoms with Crippen molar-refractivity contribution in [1.29, 1.82) is 0 Å². The number of nitrogens with two attached hydrogens (primary N) is 1. The molecule has 0 saturated heterocycles. The summed E-state index contributed by atoms with van der Waals surface area (Å²) in [6.07, 6.45) is 4.13. The lowest BCUT2D eigenvalue weighted by Crippen LogP contribution is -1.92. The highest BCUT2D eigenvalue weighted by molar-refractivity contribution is 7.98. The van der Waals surface area contributed by atoms with Gasteiger partial charge in [0.05, 0.1) is 0 Å². The maximum absolute atomic E-state index is 5.35. The molecule has 0 saturated carbocycles. The number of rotatable bonds is 5. The van der Waals surface area contributed by atoms with Crippen LogP contribution in [0.3, 0.4) is 0 Å². The maximum atomic E-state index is 5.35. The zero-order valence-corrected chi connectivity index (χ0v) is 9.39. The third-order valence-electron chi connectivity index (χ3n) is 1.87. The van der Waals surface area contributed by atoms with E-state index < -0.39 is 0 Å². The molecule has 0 amide bonds. The van der Waals surface area contributed by atoms with Crippen molar-refractivity contribution in [1.82, 2.24) is 0 Å². The second-order valence-corrected chi connectivity index (χ2v) is 4.24. The lowest BCUT2D eigenvalue weighted by molar-refractivity contribution is 1.25. The van der Waals surface area contributed by atoms with Gasteiger partial charge in [-0.15, -0.1) is 0 Å². The number of hydrogen-bond donors (Lipinski definition) is 1. The highest BCUT2D eigenvalue weighted by Crippen LogP contribution is 2.13. The van der Waals surface area contributed by atoms with E-state index >= 15 is 0 Å². The molecule has 1 rings (SSSR count). The molecule has 14 heavy (non-hydrogen) atoms. The molecule has 0 spiro atoms. The summed E-state index contributed by atoms with van der Waals surface area (Å²) in [5.74, 6) is 2.13. The quantitative estimate of drug-likeness (QED) is 0.593. The minimum Gasteiger partial charge on any atom is -0.327 e. The Bertz CT molecular complexity index is 294. The van der Waals surface area contributed by atoms with E-state index in [4.69, 9.17) is 5.73 Å². The van der Waals surface area contributed by atoms with Gasteiger partial charge in [-0.25, -0.2) is 0 Å². The van der Waals surface area contributed by atoms with Crippen molar-refractivity contribution in [3.8, 4) is 0 Å². The zero-order valence-electron chi connectivity index (χ0n) is 8.57. The standard InChI is InChI=1S/C12H17NS/c1-11-5-4-6-12(9-11)10-14-8-3-2-7-13/h2-6,9H,7-8,10,13H2,1H3. The first-order valence-electron chi connectivity index (χ1n) is 4.81. The van der Waals surface area contributed by atoms with Crippen molar-refractivity contribution in [3.63, 3.8) is 0 Å². The molecular formula is C12H17NS. The minimum absolute atomic E-state index is 0.644. The predicted octanol–water partition coefficient (Wildman–Crippen LogP) is 2.74. The van der Waals surface area contributed by atoms with Gasteiger partial charge >= 0.3 is 0 Å². The first-order valence-corrected chi connectivity index (χ1v) is 5.97. The second-order valence-electron chi connectivity index (χ2n) is 3.21. The lowest BCUT2D eigenvalue weighted by Gasteiger charge is -2.00. The number of thioether (sulfide) groups is 1. The fourth-order valence-electron chi connectivity index (χ4n) is 1.21. The van der Waals surface area contributed by atoms with Crippen LogP contribution in [-0.2, 0) is 5.75 Å². The van der Waals surface area contributed by atoms with Crippen molar-refractivity contribution < 1.29 is 0 Å². The van der Waals surface area contributed by atoms with Crippen molar-refractivity contribution in [2.24, 2.45) is 5.73 Å². The summed E-state index contributed by atoms with van der Waals surface area (Å²) >= 11 is 1.91. The van der Waals surface area contributed by atoms with E-state index in [1.807, 2.05) is 17.8 Å². The molecule has 1 nitrogen and oxygen atoms in total. The summed E-state index contributed by atoms with van der Waals surface area (Å²) in [5.41, 5.74) is 8.08. The Kier molecular flexibility index (Phi) is 5.42. The molecule has 0 aliphatic carbocycles. The molecule has 0 radical (unpaired) electrons. The van der Waals surface area contributed by atoms with Gasteiger partial charge in [-0.1, -0.05) is 42.0 Å². The molecule has 2 N–H and O–H groups in total. The van der Waals surface area contributed by atoms with Crippen LogP contribution in [0.4, 0.5) is 0 Å². The van der Waals surface area contributed by atoms with Crippen LogP contribution in [0.25, 0.3) is 0 Å². The largest absolute Gasteiger partial charge is 0.327 e. The fourth-order valence-corrected chi connectivity index (χ4v) is 2.02. The van der Waals surface area contributed by atoms with Crippen LogP contribution in [0, 0.1) is 6.92 Å². The van der Waals surface area contributed by atoms with Crippen molar-refractivity contribution in [2.45, 2.75) is 12.7 Å². The average Bonchev–Trinajstić information content (AvgIpc) is 2.18. The lowest BCUT2D eigenvalue weighted by atomic mass is 10.2. The zero-order chi connectivity index (χ0) is 10.2. The summed E-state index contributed by atoms with van der Waals surface area (Å²) < 4.78 is 0. The van der Waals surface area contributed by atoms with Gasteiger partial charge in [-0.2, -0.15) is 11.8 Å². The van der Waals surface area contributed by atoms with Gasteiger partial charge in [0, 0.05) is 18.1 Å². The predicted molar refractivity (Wildman–Crippen MR) is 65.5 cm³/mol. The monoisotopic (exact) mass is 207 g/mol. The van der Waals surface area contributed by atoms with Crippen LogP contribution < -0.4 is 5.73 Å². The topological polar surface area (TPSA) is 26.0 Å². The van der Waals surface area contributed by atoms with Gasteiger partial charge in [0.25, 0.3) is 0 Å². The Morgan fingerprint density at radius 3 is 2.93 bits per heavy atom. The first kappa shape index (κ1) is 11.3. The van der Waals surface area contributed by atoms with Crippen LogP contribution >= 0.6 is 11.8 Å². The molecule has 76 valence electrons. The highest BCUT2D eigenvalue weighted by atomic mass is 32.2. The fraction of sp³-hybridized carbons (Fsp3) is 0.333. The molecule has 2 heteroatoms. The molecule has 0 unspecified atom stereocenters. The average molecular weight is 207 g/mol. The van der Waals surface area contributed by atoms with E-state index in [2.05, 4.69) is 37.3 Å². The Balaban J connectivity index is 2.28. The molecule has 1 aromatic rings. The van der Waals surface area contributed by atoms with E-state index in [0.29, 0.717) is 6.54 Å². The molecule has 1 aromatic carbocycles. The van der Waals surface area contributed by atoms with E-state index in [1.165, 1.54) is 11.1 Å². The van der Waals surface area contributed by atoms with Crippen LogP contribution in [0.1, 0.15) is 11.1 Å². The molecule has 0 aliphatic rings. The molecule has 0 aliphatic heterocycles. The first-order chi connectivity index (χ1) is 6.83. The van der Waals surface area contributed by atoms with Crippen LogP contribution in [0.5, 0.6) is 0 Å². The van der Waals surface area contributed by atoms with Gasteiger partial charge in [0.1, 0.15) is 0 Å². The van der Waals surface area contributed by atoms with Crippen molar-refractivity contribution in [3.05, 3.63) is 47.5 Å². The van der Waals surface area contributed by atoms with Crippen molar-refractivity contribution in [2.75, 3.05) is 12.3 Å². The van der Waals surface area contributed by atoms with Gasteiger partial charge < -0.3 is 5.73 Å². The summed E-state index contributed by atoms with van der Waals surface area (Å²) in [6, 6.07) is 8.65. The molecule has 0 bridgehead atoms. The highest BCUT2D eigenvalue weighted by Gasteiger charge is 1.92. The third kappa shape index (κ3) is 4.49. The van der Waals surface area contributed by atoms with Gasteiger partial charge in [-0.05, 0) is 12.5 Å². The Hall–Kier alpha value is -0.730. The van der Waals surface area contributed by atoms with E-state index in [0.717, 1.165) is 11.5 Å². The van der Waals surface area contributed by atoms with Gasteiger partial charge in [0.15, 0.2) is 0 Å². The molecule has 0 fully saturated rings. The second kappa shape index (κ2) is 6.68. The summed E-state index contributed by atoms with van der Waals surface area (Å²) in [5, 5.41) is 0. The van der Waals surface area contributed by atoms with Crippen molar-refractivity contribution >= 4 is 11.8 Å². The Labute approximate surface area is 90.4 Å². The Morgan fingerprint density at radius 2 is 2.21 bits per heavy atom. The number of hydrogen-bond acceptors (Lipinski definition) is 2. The summed E-state index contributed by atoms with van der Waals surface area (Å²) in [7, 11) is 0.